The van der Waals surface area contributed by atoms with E-state index < -0.39 is 0 Å². The third-order valence-electron chi connectivity index (χ3n) is 4.35. The van der Waals surface area contributed by atoms with Gasteiger partial charge >= 0.3 is 0 Å². The van der Waals surface area contributed by atoms with Gasteiger partial charge in [0.15, 0.2) is 11.6 Å². The van der Waals surface area contributed by atoms with E-state index in [0.717, 1.165) is 24.7 Å². The molecule has 122 valence electrons. The van der Waals surface area contributed by atoms with Crippen molar-refractivity contribution in [3.8, 4) is 0 Å². The van der Waals surface area contributed by atoms with Gasteiger partial charge in [-0.3, -0.25) is 0 Å². The van der Waals surface area contributed by atoms with Gasteiger partial charge in [0.25, 0.3) is 0 Å². The largest absolute Gasteiger partial charge is 0.393 e. The second kappa shape index (κ2) is 7.31. The van der Waals surface area contributed by atoms with Crippen molar-refractivity contribution in [3.63, 3.8) is 0 Å². The lowest BCUT2D eigenvalue weighted by Gasteiger charge is -2.23. The summed E-state index contributed by atoms with van der Waals surface area (Å²) in [4.78, 5) is 11.0. The van der Waals surface area contributed by atoms with Crippen LogP contribution >= 0.6 is 0 Å². The van der Waals surface area contributed by atoms with Gasteiger partial charge in [0, 0.05) is 19.6 Å². The third kappa shape index (κ3) is 3.92. The summed E-state index contributed by atoms with van der Waals surface area (Å²) in [6.07, 6.45) is 6.60. The maximum absolute atomic E-state index is 6.32. The van der Waals surface area contributed by atoms with Gasteiger partial charge in [-0.2, -0.15) is 0 Å². The zero-order chi connectivity index (χ0) is 16.1. The monoisotopic (exact) mass is 311 g/mol. The van der Waals surface area contributed by atoms with Crippen LogP contribution in [0.1, 0.15) is 36.8 Å². The van der Waals surface area contributed by atoms with E-state index in [-0.39, 0.29) is 0 Å². The van der Waals surface area contributed by atoms with Gasteiger partial charge in [-0.15, -0.1) is 0 Å². The first-order valence-electron chi connectivity index (χ1n) is 8.39. The zero-order valence-electron chi connectivity index (χ0n) is 13.8. The molecule has 1 aromatic heterocycles. The van der Waals surface area contributed by atoms with Gasteiger partial charge in [-0.25, -0.2) is 9.97 Å². The Hall–Kier alpha value is -2.30. The Morgan fingerprint density at radius 2 is 1.74 bits per heavy atom. The fraction of sp³-hybridized carbons (Fsp3) is 0.444. The number of anilines is 3. The number of hydrogen-bond acceptors (Lipinski definition) is 5. The van der Waals surface area contributed by atoms with E-state index in [1.807, 2.05) is 0 Å². The van der Waals surface area contributed by atoms with Crippen molar-refractivity contribution >= 4 is 17.3 Å². The van der Waals surface area contributed by atoms with Crippen molar-refractivity contribution < 1.29 is 0 Å². The molecule has 0 amide bonds. The summed E-state index contributed by atoms with van der Waals surface area (Å²) in [5.74, 6) is 1.59. The lowest BCUT2D eigenvalue weighted by Crippen LogP contribution is -2.26. The number of aromatic nitrogens is 2. The summed E-state index contributed by atoms with van der Waals surface area (Å²) in [6.45, 7) is 4.85. The highest BCUT2D eigenvalue weighted by molar-refractivity contribution is 5.74. The molecule has 0 bridgehead atoms. The fourth-order valence-electron chi connectivity index (χ4n) is 2.95. The topological polar surface area (TPSA) is 67.1 Å². The van der Waals surface area contributed by atoms with Crippen LogP contribution in [0, 0.1) is 6.92 Å². The van der Waals surface area contributed by atoms with Crippen LogP contribution in [0.3, 0.4) is 0 Å². The van der Waals surface area contributed by atoms with E-state index in [0.29, 0.717) is 12.2 Å². The van der Waals surface area contributed by atoms with E-state index in [1.165, 1.54) is 36.8 Å². The molecule has 0 aliphatic carbocycles. The van der Waals surface area contributed by atoms with E-state index in [1.54, 1.807) is 6.33 Å². The quantitative estimate of drug-likeness (QED) is 0.906. The molecule has 1 saturated heterocycles. The molecule has 5 heteroatoms. The standard InChI is InChI=1S/C18H25N5/c1-14-6-8-15(9-7-14)12-20-17-16(19)18(22-13-21-17)23-10-4-2-3-5-11-23/h6-9,13H,2-5,10-12,19H2,1H3,(H,20,21,22). The van der Waals surface area contributed by atoms with Gasteiger partial charge in [0.05, 0.1) is 0 Å². The smallest absolute Gasteiger partial charge is 0.157 e. The van der Waals surface area contributed by atoms with E-state index in [4.69, 9.17) is 5.73 Å². The Morgan fingerprint density at radius 1 is 1.04 bits per heavy atom. The molecular weight excluding hydrogens is 286 g/mol. The molecule has 5 nitrogen and oxygen atoms in total. The van der Waals surface area contributed by atoms with Crippen molar-refractivity contribution in [2.75, 3.05) is 29.0 Å². The molecule has 2 aromatic rings. The molecule has 1 aliphatic heterocycles. The maximum Gasteiger partial charge on any atom is 0.157 e. The zero-order valence-corrected chi connectivity index (χ0v) is 13.8. The molecule has 0 unspecified atom stereocenters. The van der Waals surface area contributed by atoms with E-state index in [2.05, 4.69) is 51.4 Å². The Bertz CT molecular complexity index is 630. The highest BCUT2D eigenvalue weighted by atomic mass is 15.2. The number of nitrogens with zero attached hydrogens (tertiary/aromatic N) is 3. The van der Waals surface area contributed by atoms with Crippen LogP contribution in [0.5, 0.6) is 0 Å². The number of benzene rings is 1. The molecule has 0 saturated carbocycles. The van der Waals surface area contributed by atoms with Crippen LogP contribution in [0.4, 0.5) is 17.3 Å². The minimum absolute atomic E-state index is 0.654. The number of aryl methyl sites for hydroxylation is 1. The minimum Gasteiger partial charge on any atom is -0.393 e. The maximum atomic E-state index is 6.32. The van der Waals surface area contributed by atoms with Gasteiger partial charge in [0.2, 0.25) is 0 Å². The molecule has 0 spiro atoms. The molecule has 0 radical (unpaired) electrons. The summed E-state index contributed by atoms with van der Waals surface area (Å²) in [6, 6.07) is 8.47. The molecule has 1 aliphatic rings. The average molecular weight is 311 g/mol. The molecule has 0 atom stereocenters. The highest BCUT2D eigenvalue weighted by Gasteiger charge is 2.16. The van der Waals surface area contributed by atoms with Crippen LogP contribution in [0.25, 0.3) is 0 Å². The van der Waals surface area contributed by atoms with Crippen LogP contribution in [0.2, 0.25) is 0 Å². The molecule has 1 aromatic carbocycles. The second-order valence-corrected chi connectivity index (χ2v) is 6.20. The van der Waals surface area contributed by atoms with Crippen LogP contribution in [-0.2, 0) is 6.54 Å². The van der Waals surface area contributed by atoms with Crippen molar-refractivity contribution in [2.24, 2.45) is 0 Å². The summed E-state index contributed by atoms with van der Waals surface area (Å²) >= 11 is 0. The Morgan fingerprint density at radius 3 is 2.43 bits per heavy atom. The number of nitrogen functional groups attached to an aromatic ring is 1. The first-order chi connectivity index (χ1) is 11.2. The van der Waals surface area contributed by atoms with E-state index in [9.17, 15) is 0 Å². The highest BCUT2D eigenvalue weighted by Crippen LogP contribution is 2.28. The van der Waals surface area contributed by atoms with Crippen LogP contribution in [-0.4, -0.2) is 23.1 Å². The normalized spacial score (nSPS) is 15.3. The molecule has 3 N–H and O–H groups in total. The van der Waals surface area contributed by atoms with Gasteiger partial charge in [-0.05, 0) is 25.3 Å². The van der Waals surface area contributed by atoms with Gasteiger partial charge < -0.3 is 16.0 Å². The summed E-state index contributed by atoms with van der Waals surface area (Å²) in [5.41, 5.74) is 9.45. The van der Waals surface area contributed by atoms with Crippen molar-refractivity contribution in [1.29, 1.82) is 0 Å². The number of nitrogens with one attached hydrogen (secondary N) is 1. The fourth-order valence-corrected chi connectivity index (χ4v) is 2.95. The lowest BCUT2D eigenvalue weighted by molar-refractivity contribution is 0.726. The third-order valence-corrected chi connectivity index (χ3v) is 4.35. The minimum atomic E-state index is 0.654. The Kier molecular flexibility index (Phi) is 4.95. The number of hydrogen-bond donors (Lipinski definition) is 2. The van der Waals surface area contributed by atoms with Crippen molar-refractivity contribution in [2.45, 2.75) is 39.2 Å². The molecule has 3 rings (SSSR count). The summed E-state index contributed by atoms with van der Waals surface area (Å²) < 4.78 is 0. The first kappa shape index (κ1) is 15.6. The molecular formula is C18H25N5. The molecule has 2 heterocycles. The second-order valence-electron chi connectivity index (χ2n) is 6.20. The SMILES string of the molecule is Cc1ccc(CNc2ncnc(N3CCCCCC3)c2N)cc1. The van der Waals surface area contributed by atoms with Gasteiger partial charge in [-0.1, -0.05) is 42.7 Å². The predicted molar refractivity (Wildman–Crippen MR) is 95.6 cm³/mol. The Balaban J connectivity index is 1.72. The van der Waals surface area contributed by atoms with Crippen LogP contribution < -0.4 is 16.0 Å². The number of nitrogens with two attached hydrogens (primary N) is 1. The summed E-state index contributed by atoms with van der Waals surface area (Å²) in [5, 5.41) is 3.34. The van der Waals surface area contributed by atoms with Crippen LogP contribution in [0.15, 0.2) is 30.6 Å². The van der Waals surface area contributed by atoms with Crippen molar-refractivity contribution in [1.82, 2.24) is 9.97 Å². The molecule has 1 fully saturated rings. The average Bonchev–Trinajstić information content (AvgIpc) is 2.85. The Labute approximate surface area is 137 Å². The summed E-state index contributed by atoms with van der Waals surface area (Å²) in [7, 11) is 0. The van der Waals surface area contributed by atoms with Crippen molar-refractivity contribution in [3.05, 3.63) is 41.7 Å². The van der Waals surface area contributed by atoms with E-state index >= 15 is 0 Å². The number of rotatable bonds is 4. The molecule has 23 heavy (non-hydrogen) atoms. The first-order valence-corrected chi connectivity index (χ1v) is 8.39. The van der Waals surface area contributed by atoms with Gasteiger partial charge in [0.1, 0.15) is 12.0 Å². The lowest BCUT2D eigenvalue weighted by atomic mass is 10.1. The predicted octanol–water partition coefficient (Wildman–Crippen LogP) is 3.36.